The highest BCUT2D eigenvalue weighted by molar-refractivity contribution is 6.08. The van der Waals surface area contributed by atoms with Crippen LogP contribution >= 0.6 is 0 Å². The van der Waals surface area contributed by atoms with Crippen LogP contribution in [0.15, 0.2) is 42.5 Å². The molecule has 2 aliphatic carbocycles. The molecule has 2 aliphatic rings. The van der Waals surface area contributed by atoms with E-state index in [1.165, 1.54) is 31.1 Å². The van der Waals surface area contributed by atoms with E-state index in [0.717, 1.165) is 29.2 Å². The van der Waals surface area contributed by atoms with Gasteiger partial charge >= 0.3 is 0 Å². The van der Waals surface area contributed by atoms with Crippen LogP contribution in [0.2, 0.25) is 0 Å². The Hall–Kier alpha value is -1.63. The molecule has 3 atom stereocenters. The van der Waals surface area contributed by atoms with Gasteiger partial charge in [-0.2, -0.15) is 0 Å². The molecule has 0 aliphatic heterocycles. The van der Waals surface area contributed by atoms with Gasteiger partial charge in [0.2, 0.25) is 0 Å². The van der Waals surface area contributed by atoms with Crippen LogP contribution < -0.4 is 0 Å². The van der Waals surface area contributed by atoms with Crippen LogP contribution in [0.25, 0.3) is 10.8 Å². The summed E-state index contributed by atoms with van der Waals surface area (Å²) in [5, 5.41) is 2.29. The topological polar surface area (TPSA) is 17.1 Å². The zero-order valence-electron chi connectivity index (χ0n) is 11.7. The Morgan fingerprint density at radius 1 is 1.00 bits per heavy atom. The molecule has 2 fully saturated rings. The summed E-state index contributed by atoms with van der Waals surface area (Å²) in [4.78, 5) is 12.7. The van der Waals surface area contributed by atoms with Crippen molar-refractivity contribution in [1.29, 1.82) is 0 Å². The van der Waals surface area contributed by atoms with Crippen molar-refractivity contribution in [2.24, 2.45) is 17.8 Å². The van der Waals surface area contributed by atoms with E-state index in [1.807, 2.05) is 24.3 Å². The van der Waals surface area contributed by atoms with Crippen LogP contribution in [0.3, 0.4) is 0 Å². The Morgan fingerprint density at radius 2 is 1.85 bits per heavy atom. The Kier molecular flexibility index (Phi) is 2.87. The van der Waals surface area contributed by atoms with Crippen LogP contribution in [-0.2, 0) is 0 Å². The van der Waals surface area contributed by atoms with Gasteiger partial charge in [0.15, 0.2) is 5.78 Å². The van der Waals surface area contributed by atoms with Gasteiger partial charge in [0.1, 0.15) is 0 Å². The number of carbonyl (C=O) groups is 1. The summed E-state index contributed by atoms with van der Waals surface area (Å²) >= 11 is 0. The highest BCUT2D eigenvalue weighted by Crippen LogP contribution is 2.49. The van der Waals surface area contributed by atoms with Crippen LogP contribution in [0.1, 0.15) is 42.5 Å². The third-order valence-corrected chi connectivity index (χ3v) is 5.42. The fourth-order valence-electron chi connectivity index (χ4n) is 4.44. The largest absolute Gasteiger partial charge is 0.294 e. The van der Waals surface area contributed by atoms with Crippen molar-refractivity contribution >= 4 is 16.6 Å². The van der Waals surface area contributed by atoms with Crippen LogP contribution in [0.4, 0.5) is 0 Å². The van der Waals surface area contributed by atoms with E-state index in [2.05, 4.69) is 18.2 Å². The average Bonchev–Trinajstić information content (AvgIpc) is 3.09. The lowest BCUT2D eigenvalue weighted by atomic mass is 9.83. The molecular formula is C19H20O. The molecule has 0 radical (unpaired) electrons. The molecule has 2 aromatic carbocycles. The summed E-state index contributed by atoms with van der Waals surface area (Å²) in [6.07, 6.45) is 6.20. The summed E-state index contributed by atoms with van der Waals surface area (Å²) in [5.74, 6) is 2.75. The lowest BCUT2D eigenvalue weighted by Gasteiger charge is -2.21. The molecule has 0 N–H and O–H groups in total. The zero-order chi connectivity index (χ0) is 13.5. The quantitative estimate of drug-likeness (QED) is 0.724. The number of benzene rings is 2. The average molecular weight is 264 g/mol. The molecule has 0 saturated heterocycles. The lowest BCUT2D eigenvalue weighted by Crippen LogP contribution is -2.15. The smallest absolute Gasteiger partial charge is 0.163 e. The predicted octanol–water partition coefficient (Wildman–Crippen LogP) is 4.85. The van der Waals surface area contributed by atoms with E-state index in [1.54, 1.807) is 0 Å². The number of carbonyl (C=O) groups excluding carboxylic acids is 1. The molecule has 0 spiro atoms. The van der Waals surface area contributed by atoms with Crippen molar-refractivity contribution < 1.29 is 4.79 Å². The van der Waals surface area contributed by atoms with Crippen molar-refractivity contribution in [2.75, 3.05) is 0 Å². The Morgan fingerprint density at radius 3 is 2.65 bits per heavy atom. The highest BCUT2D eigenvalue weighted by atomic mass is 16.1. The van der Waals surface area contributed by atoms with E-state index in [0.29, 0.717) is 11.7 Å². The van der Waals surface area contributed by atoms with E-state index in [9.17, 15) is 4.79 Å². The van der Waals surface area contributed by atoms with E-state index < -0.39 is 0 Å². The number of Topliss-reactive ketones (excluding diaryl/α,β-unsaturated/α-hetero) is 1. The van der Waals surface area contributed by atoms with Crippen LogP contribution in [0, 0.1) is 17.8 Å². The number of rotatable bonds is 3. The van der Waals surface area contributed by atoms with Crippen LogP contribution in [-0.4, -0.2) is 5.78 Å². The molecule has 0 amide bonds. The Labute approximate surface area is 120 Å². The van der Waals surface area contributed by atoms with E-state index in [4.69, 9.17) is 0 Å². The minimum atomic E-state index is 0.347. The first-order valence-corrected chi connectivity index (χ1v) is 7.82. The minimum Gasteiger partial charge on any atom is -0.294 e. The summed E-state index contributed by atoms with van der Waals surface area (Å²) in [6.45, 7) is 0. The summed E-state index contributed by atoms with van der Waals surface area (Å²) < 4.78 is 0. The second kappa shape index (κ2) is 4.73. The number of hydrogen-bond donors (Lipinski definition) is 0. The van der Waals surface area contributed by atoms with Crippen molar-refractivity contribution in [3.63, 3.8) is 0 Å². The first-order valence-electron chi connectivity index (χ1n) is 7.82. The molecular weight excluding hydrogens is 244 g/mol. The Balaban J connectivity index is 1.61. The maximum Gasteiger partial charge on any atom is 0.163 e. The van der Waals surface area contributed by atoms with Crippen molar-refractivity contribution in [2.45, 2.75) is 32.1 Å². The molecule has 0 aromatic heterocycles. The van der Waals surface area contributed by atoms with Gasteiger partial charge in [-0.05, 0) is 47.8 Å². The molecule has 3 unspecified atom stereocenters. The zero-order valence-corrected chi connectivity index (χ0v) is 11.7. The van der Waals surface area contributed by atoms with Crippen molar-refractivity contribution in [1.82, 2.24) is 0 Å². The molecule has 4 rings (SSSR count). The summed E-state index contributed by atoms with van der Waals surface area (Å²) in [5.41, 5.74) is 0.922. The second-order valence-electron chi connectivity index (χ2n) is 6.59. The fraction of sp³-hybridized carbons (Fsp3) is 0.421. The molecule has 2 bridgehead atoms. The lowest BCUT2D eigenvalue weighted by molar-refractivity contribution is 0.0946. The van der Waals surface area contributed by atoms with Crippen molar-refractivity contribution in [3.05, 3.63) is 48.0 Å². The molecule has 0 heterocycles. The first kappa shape index (κ1) is 12.1. The monoisotopic (exact) mass is 264 g/mol. The van der Waals surface area contributed by atoms with Gasteiger partial charge in [-0.25, -0.2) is 0 Å². The van der Waals surface area contributed by atoms with E-state index >= 15 is 0 Å². The molecule has 1 nitrogen and oxygen atoms in total. The third-order valence-electron chi connectivity index (χ3n) is 5.42. The maximum absolute atomic E-state index is 12.7. The highest BCUT2D eigenvalue weighted by Gasteiger charge is 2.40. The van der Waals surface area contributed by atoms with Gasteiger partial charge < -0.3 is 0 Å². The number of ketones is 1. The summed E-state index contributed by atoms with van der Waals surface area (Å²) in [7, 11) is 0. The number of fused-ring (bicyclic) bond motifs is 3. The van der Waals surface area contributed by atoms with Gasteiger partial charge in [0.25, 0.3) is 0 Å². The predicted molar refractivity (Wildman–Crippen MR) is 81.8 cm³/mol. The van der Waals surface area contributed by atoms with Gasteiger partial charge in [0.05, 0.1) is 0 Å². The molecule has 20 heavy (non-hydrogen) atoms. The summed E-state index contributed by atoms with van der Waals surface area (Å²) in [6, 6.07) is 14.3. The third kappa shape index (κ3) is 1.96. The Bertz CT molecular complexity index is 652. The maximum atomic E-state index is 12.7. The van der Waals surface area contributed by atoms with Gasteiger partial charge in [-0.3, -0.25) is 4.79 Å². The van der Waals surface area contributed by atoms with Gasteiger partial charge in [-0.15, -0.1) is 0 Å². The molecule has 1 heteroatoms. The first-order chi connectivity index (χ1) is 9.81. The van der Waals surface area contributed by atoms with Gasteiger partial charge in [-0.1, -0.05) is 48.9 Å². The molecule has 2 saturated carbocycles. The number of hydrogen-bond acceptors (Lipinski definition) is 1. The van der Waals surface area contributed by atoms with Crippen LogP contribution in [0.5, 0.6) is 0 Å². The molecule has 2 aromatic rings. The van der Waals surface area contributed by atoms with Crippen molar-refractivity contribution in [3.8, 4) is 0 Å². The minimum absolute atomic E-state index is 0.347. The second-order valence-corrected chi connectivity index (χ2v) is 6.59. The standard InChI is InChI=1S/C19H20O/c20-19(12-16-11-13-8-9-15(16)10-13)18-7-3-5-14-4-1-2-6-17(14)18/h1-7,13,15-16H,8-12H2. The normalized spacial score (nSPS) is 28.1. The molecule has 102 valence electrons. The van der Waals surface area contributed by atoms with Gasteiger partial charge in [0, 0.05) is 12.0 Å². The van der Waals surface area contributed by atoms with E-state index in [-0.39, 0.29) is 0 Å². The fourth-order valence-corrected chi connectivity index (χ4v) is 4.44. The SMILES string of the molecule is O=C(CC1CC2CCC1C2)c1cccc2ccccc12.